The largest absolute Gasteiger partial charge is 0.700 e. The maximum absolute atomic E-state index is 11.5. The van der Waals surface area contributed by atoms with Crippen LogP contribution in [0.3, 0.4) is 0 Å². The van der Waals surface area contributed by atoms with Gasteiger partial charge in [-0.05, 0) is 0 Å². The summed E-state index contributed by atoms with van der Waals surface area (Å²) in [5.41, 5.74) is 6.31. The average Bonchev–Trinajstić information content (AvgIpc) is 3.16. The standard InChI is InChI=1S/C11H14N5O9P2/c12-9-6-10(14-2-13-9)16(3-15-6)11-8(18)7(17)5(25-11)1-22-27(21)24-4-23-26(19)20/h2-3,5,7-8,11,17-18H,1,4H2,(H2-,12,13,14,19,20)/q+1/p+1/t5-,7-,8-,11-/m1/s1. The molecule has 0 aliphatic carbocycles. The normalized spacial score (nSPS) is 26.5. The molecule has 3 heterocycles. The van der Waals surface area contributed by atoms with Gasteiger partial charge in [-0.15, -0.1) is 9.42 Å². The molecule has 0 spiro atoms. The van der Waals surface area contributed by atoms with Gasteiger partial charge in [-0.2, -0.15) is 0 Å². The van der Waals surface area contributed by atoms with Gasteiger partial charge in [0.05, 0.1) is 6.33 Å². The number of aliphatic hydroxyl groups is 2. The molecule has 0 amide bonds. The number of hydrogen-bond acceptors (Lipinski definition) is 12. The van der Waals surface area contributed by atoms with E-state index in [-0.39, 0.29) is 12.4 Å². The second-order valence-corrected chi connectivity index (χ2v) is 6.96. The lowest BCUT2D eigenvalue weighted by Crippen LogP contribution is -2.33. The SMILES string of the molecule is Nc1ncnc2c1ncn2[C@@H]1O[C@H](CO[P+](=O)OCO[P+](=O)O)[C@@H](O)[C@H]1O. The highest BCUT2D eigenvalue weighted by Gasteiger charge is 2.46. The molecule has 16 heteroatoms. The fourth-order valence-electron chi connectivity index (χ4n) is 2.44. The van der Waals surface area contributed by atoms with E-state index in [1.54, 1.807) is 0 Å². The highest BCUT2D eigenvalue weighted by Crippen LogP contribution is 2.34. The lowest BCUT2D eigenvalue weighted by molar-refractivity contribution is -0.0489. The monoisotopic (exact) mass is 423 g/mol. The first-order valence-electron chi connectivity index (χ1n) is 7.35. The minimum Gasteiger partial charge on any atom is -0.387 e. The van der Waals surface area contributed by atoms with Gasteiger partial charge in [-0.1, -0.05) is 9.05 Å². The Morgan fingerprint density at radius 3 is 2.70 bits per heavy atom. The van der Waals surface area contributed by atoms with Gasteiger partial charge in [0.1, 0.15) is 36.8 Å². The Kier molecular flexibility index (Phi) is 6.32. The molecular formula is C11H15N5O9P2+2. The zero-order valence-electron chi connectivity index (χ0n) is 13.4. The van der Waals surface area contributed by atoms with Gasteiger partial charge < -0.3 is 20.7 Å². The highest BCUT2D eigenvalue weighted by molar-refractivity contribution is 7.33. The fraction of sp³-hybridized carbons (Fsp3) is 0.545. The third-order valence-corrected chi connectivity index (χ3v) is 4.67. The van der Waals surface area contributed by atoms with Crippen LogP contribution in [0.5, 0.6) is 0 Å². The van der Waals surface area contributed by atoms with Crippen LogP contribution in [0.1, 0.15) is 6.23 Å². The van der Waals surface area contributed by atoms with Gasteiger partial charge in [0.15, 0.2) is 17.7 Å². The number of anilines is 1. The maximum atomic E-state index is 11.5. The zero-order chi connectivity index (χ0) is 19.6. The molecule has 0 saturated carbocycles. The molecule has 14 nitrogen and oxygen atoms in total. The predicted molar refractivity (Wildman–Crippen MR) is 86.1 cm³/mol. The average molecular weight is 423 g/mol. The Morgan fingerprint density at radius 2 is 1.96 bits per heavy atom. The fourth-order valence-corrected chi connectivity index (χ4v) is 3.14. The second kappa shape index (κ2) is 8.52. The molecule has 2 unspecified atom stereocenters. The van der Waals surface area contributed by atoms with Gasteiger partial charge in [0.2, 0.25) is 0 Å². The summed E-state index contributed by atoms with van der Waals surface area (Å²) < 4.78 is 42.3. The van der Waals surface area contributed by atoms with E-state index in [0.29, 0.717) is 11.2 Å². The number of nitrogens with two attached hydrogens (primary N) is 1. The van der Waals surface area contributed by atoms with Crippen LogP contribution in [0.15, 0.2) is 12.7 Å². The van der Waals surface area contributed by atoms with Gasteiger partial charge in [0, 0.05) is 9.13 Å². The van der Waals surface area contributed by atoms with Gasteiger partial charge >= 0.3 is 16.5 Å². The molecular weight excluding hydrogens is 408 g/mol. The molecule has 5 N–H and O–H groups in total. The molecule has 27 heavy (non-hydrogen) atoms. The molecule has 2 aromatic heterocycles. The Morgan fingerprint density at radius 1 is 1.19 bits per heavy atom. The molecule has 0 bridgehead atoms. The minimum absolute atomic E-state index is 0.146. The highest BCUT2D eigenvalue weighted by atomic mass is 31.1. The van der Waals surface area contributed by atoms with Crippen LogP contribution in [0.4, 0.5) is 5.82 Å². The molecule has 1 saturated heterocycles. The molecule has 0 radical (unpaired) electrons. The molecule has 1 aliphatic rings. The van der Waals surface area contributed by atoms with Crippen LogP contribution in [-0.2, 0) is 27.4 Å². The zero-order valence-corrected chi connectivity index (χ0v) is 15.2. The first kappa shape index (κ1) is 20.0. The van der Waals surface area contributed by atoms with Crippen LogP contribution in [0, 0.1) is 0 Å². The lowest BCUT2D eigenvalue weighted by Gasteiger charge is -2.16. The summed E-state index contributed by atoms with van der Waals surface area (Å²) in [6, 6.07) is 0. The van der Waals surface area contributed by atoms with E-state index in [4.69, 9.17) is 19.9 Å². The van der Waals surface area contributed by atoms with Gasteiger partial charge in [-0.3, -0.25) is 4.57 Å². The lowest BCUT2D eigenvalue weighted by atomic mass is 10.1. The molecule has 1 aliphatic heterocycles. The molecule has 146 valence electrons. The van der Waals surface area contributed by atoms with Crippen molar-refractivity contribution in [2.75, 3.05) is 19.1 Å². The molecule has 2 aromatic rings. The van der Waals surface area contributed by atoms with Crippen LogP contribution in [0.25, 0.3) is 11.2 Å². The van der Waals surface area contributed by atoms with Crippen molar-refractivity contribution < 1.29 is 42.5 Å². The summed E-state index contributed by atoms with van der Waals surface area (Å²) in [7, 11) is -5.59. The van der Waals surface area contributed by atoms with E-state index < -0.39 is 47.8 Å². The number of hydrogen-bond donors (Lipinski definition) is 4. The van der Waals surface area contributed by atoms with Crippen molar-refractivity contribution in [3.63, 3.8) is 0 Å². The van der Waals surface area contributed by atoms with Crippen molar-refractivity contribution in [2.24, 2.45) is 0 Å². The van der Waals surface area contributed by atoms with Gasteiger partial charge in [-0.25, -0.2) is 15.0 Å². The summed E-state index contributed by atoms with van der Waals surface area (Å²) in [6.45, 7) is -1.11. The smallest absolute Gasteiger partial charge is 0.387 e. The summed E-state index contributed by atoms with van der Waals surface area (Å²) in [5, 5.41) is 20.4. The number of ether oxygens (including phenoxy) is 1. The van der Waals surface area contributed by atoms with E-state index in [2.05, 4.69) is 24.0 Å². The molecule has 0 aromatic carbocycles. The van der Waals surface area contributed by atoms with E-state index in [0.717, 1.165) is 0 Å². The van der Waals surface area contributed by atoms with Crippen molar-refractivity contribution >= 4 is 33.5 Å². The first-order valence-corrected chi connectivity index (χ1v) is 9.57. The Labute approximate surface area is 152 Å². The van der Waals surface area contributed by atoms with Crippen molar-refractivity contribution in [3.8, 4) is 0 Å². The van der Waals surface area contributed by atoms with Crippen molar-refractivity contribution in [1.29, 1.82) is 0 Å². The topological polar surface area (TPSA) is 201 Å². The molecule has 1 fully saturated rings. The molecule has 3 rings (SSSR count). The van der Waals surface area contributed by atoms with Crippen LogP contribution in [-0.4, -0.2) is 66.3 Å². The maximum Gasteiger partial charge on any atom is 0.700 e. The van der Waals surface area contributed by atoms with Gasteiger partial charge in [0.25, 0.3) is 6.79 Å². The van der Waals surface area contributed by atoms with E-state index in [1.165, 1.54) is 17.2 Å². The minimum atomic E-state index is -2.89. The summed E-state index contributed by atoms with van der Waals surface area (Å²) in [5.74, 6) is 0.146. The third-order valence-electron chi connectivity index (χ3n) is 3.66. The van der Waals surface area contributed by atoms with E-state index in [1.807, 2.05) is 0 Å². The van der Waals surface area contributed by atoms with Crippen LogP contribution < -0.4 is 5.73 Å². The number of aromatic nitrogens is 4. The second-order valence-electron chi connectivity index (χ2n) is 5.26. The number of nitrogens with zero attached hydrogens (tertiary/aromatic N) is 4. The van der Waals surface area contributed by atoms with Crippen LogP contribution in [0.2, 0.25) is 0 Å². The Balaban J connectivity index is 1.63. The van der Waals surface area contributed by atoms with Crippen molar-refractivity contribution in [1.82, 2.24) is 19.5 Å². The Bertz CT molecular complexity index is 851. The summed E-state index contributed by atoms with van der Waals surface area (Å²) >= 11 is 0. The summed E-state index contributed by atoms with van der Waals surface area (Å²) in [6.07, 6.45) is -2.26. The van der Waals surface area contributed by atoms with Crippen molar-refractivity contribution in [2.45, 2.75) is 24.5 Å². The number of rotatable bonds is 8. The predicted octanol–water partition coefficient (Wildman–Crippen LogP) is -0.658. The third kappa shape index (κ3) is 4.41. The van der Waals surface area contributed by atoms with Crippen molar-refractivity contribution in [3.05, 3.63) is 12.7 Å². The summed E-state index contributed by atoms with van der Waals surface area (Å²) in [4.78, 5) is 20.3. The van der Waals surface area contributed by atoms with E-state index >= 15 is 0 Å². The molecule has 6 atom stereocenters. The van der Waals surface area contributed by atoms with Crippen LogP contribution >= 0.6 is 16.5 Å². The number of aliphatic hydroxyl groups excluding tert-OH is 2. The number of imidazole rings is 1. The number of fused-ring (bicyclic) bond motifs is 1. The number of nitrogen functional groups attached to an aromatic ring is 1. The first-order chi connectivity index (χ1) is 12.9. The Hall–Kier alpha value is -1.73. The quantitative estimate of drug-likeness (QED) is 0.308. The van der Waals surface area contributed by atoms with E-state index in [9.17, 15) is 19.3 Å².